The molecular formula is C20H22N2O2. The predicted octanol–water partition coefficient (Wildman–Crippen LogP) is 3.76. The van der Waals surface area contributed by atoms with Crippen LogP contribution in [0, 0.1) is 11.3 Å². The van der Waals surface area contributed by atoms with Gasteiger partial charge >= 0.3 is 0 Å². The summed E-state index contributed by atoms with van der Waals surface area (Å²) < 4.78 is 5.75. The average Bonchev–Trinajstić information content (AvgIpc) is 2.59. The normalized spacial score (nSPS) is 11.6. The van der Waals surface area contributed by atoms with Gasteiger partial charge in [-0.2, -0.15) is 5.26 Å². The number of carbonyl (C=O) groups is 1. The summed E-state index contributed by atoms with van der Waals surface area (Å²) in [6.07, 6.45) is -0.620. The first-order valence-corrected chi connectivity index (χ1v) is 8.02. The molecule has 0 aliphatic carbocycles. The molecule has 0 spiro atoms. The molecule has 0 aliphatic heterocycles. The van der Waals surface area contributed by atoms with E-state index in [1.165, 1.54) is 0 Å². The molecule has 0 aliphatic rings. The van der Waals surface area contributed by atoms with Gasteiger partial charge in [-0.05, 0) is 44.5 Å². The van der Waals surface area contributed by atoms with Crippen LogP contribution in [-0.4, -0.2) is 23.0 Å². The van der Waals surface area contributed by atoms with Crippen molar-refractivity contribution in [2.45, 2.75) is 39.5 Å². The van der Waals surface area contributed by atoms with Crippen molar-refractivity contribution in [3.63, 3.8) is 0 Å². The zero-order valence-electron chi connectivity index (χ0n) is 14.3. The van der Waals surface area contributed by atoms with Crippen LogP contribution < -0.4 is 4.74 Å². The fourth-order valence-corrected chi connectivity index (χ4v) is 2.42. The standard InChI is InChI=1S/C20H22N2O2/c1-15(2)22(14-17-8-5-4-6-9-17)20(23)16(3)24-19-11-7-10-18(12-19)13-21/h4-12,15-16H,14H2,1-3H3. The molecule has 0 heterocycles. The van der Waals surface area contributed by atoms with E-state index in [0.717, 1.165) is 5.56 Å². The summed E-state index contributed by atoms with van der Waals surface area (Å²) in [6, 6.07) is 18.9. The van der Waals surface area contributed by atoms with Gasteiger partial charge in [-0.3, -0.25) is 4.79 Å². The van der Waals surface area contributed by atoms with Gasteiger partial charge < -0.3 is 9.64 Å². The largest absolute Gasteiger partial charge is 0.481 e. The average molecular weight is 322 g/mol. The number of hydrogen-bond donors (Lipinski definition) is 0. The topological polar surface area (TPSA) is 53.3 Å². The molecule has 2 aromatic rings. The van der Waals surface area contributed by atoms with Gasteiger partial charge in [-0.1, -0.05) is 36.4 Å². The van der Waals surface area contributed by atoms with Gasteiger partial charge in [0.25, 0.3) is 5.91 Å². The number of hydrogen-bond acceptors (Lipinski definition) is 3. The molecule has 1 unspecified atom stereocenters. The van der Waals surface area contributed by atoms with Crippen LogP contribution in [0.15, 0.2) is 54.6 Å². The van der Waals surface area contributed by atoms with Crippen LogP contribution in [-0.2, 0) is 11.3 Å². The summed E-state index contributed by atoms with van der Waals surface area (Å²) in [5.74, 6) is 0.453. The van der Waals surface area contributed by atoms with Crippen molar-refractivity contribution in [1.82, 2.24) is 4.90 Å². The summed E-state index contributed by atoms with van der Waals surface area (Å²) in [7, 11) is 0. The van der Waals surface area contributed by atoms with E-state index in [9.17, 15) is 4.79 Å². The van der Waals surface area contributed by atoms with Gasteiger partial charge in [0.1, 0.15) is 5.75 Å². The van der Waals surface area contributed by atoms with Crippen molar-refractivity contribution in [2.24, 2.45) is 0 Å². The minimum Gasteiger partial charge on any atom is -0.481 e. The van der Waals surface area contributed by atoms with Gasteiger partial charge in [0.05, 0.1) is 11.6 Å². The maximum Gasteiger partial charge on any atom is 0.263 e. The number of benzene rings is 2. The Bertz CT molecular complexity index is 720. The Morgan fingerprint density at radius 2 is 1.83 bits per heavy atom. The minimum atomic E-state index is -0.620. The zero-order chi connectivity index (χ0) is 17.5. The van der Waals surface area contributed by atoms with Crippen molar-refractivity contribution in [2.75, 3.05) is 0 Å². The van der Waals surface area contributed by atoms with E-state index < -0.39 is 6.10 Å². The molecular weight excluding hydrogens is 300 g/mol. The summed E-state index contributed by atoms with van der Waals surface area (Å²) in [4.78, 5) is 14.6. The van der Waals surface area contributed by atoms with Crippen molar-refractivity contribution in [1.29, 1.82) is 5.26 Å². The first kappa shape index (κ1) is 17.6. The molecule has 4 nitrogen and oxygen atoms in total. The highest BCUT2D eigenvalue weighted by molar-refractivity contribution is 5.81. The molecule has 1 amide bonds. The van der Waals surface area contributed by atoms with Crippen LogP contribution in [0.4, 0.5) is 0 Å². The van der Waals surface area contributed by atoms with E-state index in [1.807, 2.05) is 44.2 Å². The lowest BCUT2D eigenvalue weighted by molar-refractivity contribution is -0.140. The molecule has 4 heteroatoms. The van der Waals surface area contributed by atoms with Crippen LogP contribution in [0.3, 0.4) is 0 Å². The molecule has 1 atom stereocenters. The second-order valence-electron chi connectivity index (χ2n) is 5.95. The van der Waals surface area contributed by atoms with Crippen molar-refractivity contribution in [3.8, 4) is 11.8 Å². The Hall–Kier alpha value is -2.80. The molecule has 2 aromatic carbocycles. The Balaban J connectivity index is 2.09. The molecule has 0 saturated carbocycles. The molecule has 0 N–H and O–H groups in total. The van der Waals surface area contributed by atoms with E-state index in [0.29, 0.717) is 17.9 Å². The highest BCUT2D eigenvalue weighted by Crippen LogP contribution is 2.17. The van der Waals surface area contributed by atoms with Gasteiger partial charge in [0.15, 0.2) is 6.10 Å². The van der Waals surface area contributed by atoms with Crippen molar-refractivity contribution >= 4 is 5.91 Å². The summed E-state index contributed by atoms with van der Waals surface area (Å²) in [5.41, 5.74) is 1.59. The monoisotopic (exact) mass is 322 g/mol. The smallest absolute Gasteiger partial charge is 0.263 e. The third kappa shape index (κ3) is 4.60. The summed E-state index contributed by atoms with van der Waals surface area (Å²) in [5, 5.41) is 8.95. The molecule has 0 fully saturated rings. The second kappa shape index (κ2) is 8.16. The van der Waals surface area contributed by atoms with Crippen molar-refractivity contribution in [3.05, 3.63) is 65.7 Å². The predicted molar refractivity (Wildman–Crippen MR) is 93.4 cm³/mol. The highest BCUT2D eigenvalue weighted by atomic mass is 16.5. The van der Waals surface area contributed by atoms with Crippen molar-refractivity contribution < 1.29 is 9.53 Å². The minimum absolute atomic E-state index is 0.0641. The summed E-state index contributed by atoms with van der Waals surface area (Å²) >= 11 is 0. The van der Waals surface area contributed by atoms with Gasteiger partial charge in [0, 0.05) is 12.6 Å². The highest BCUT2D eigenvalue weighted by Gasteiger charge is 2.24. The second-order valence-corrected chi connectivity index (χ2v) is 5.95. The maximum absolute atomic E-state index is 12.8. The molecule has 124 valence electrons. The number of ether oxygens (including phenoxy) is 1. The van der Waals surface area contributed by atoms with Crippen LogP contribution in [0.25, 0.3) is 0 Å². The Morgan fingerprint density at radius 3 is 2.46 bits per heavy atom. The number of rotatable bonds is 6. The van der Waals surface area contributed by atoms with Crippen LogP contribution >= 0.6 is 0 Å². The third-order valence-corrected chi connectivity index (χ3v) is 3.73. The number of nitrogens with zero attached hydrogens (tertiary/aromatic N) is 2. The fraction of sp³-hybridized carbons (Fsp3) is 0.300. The van der Waals surface area contributed by atoms with E-state index in [4.69, 9.17) is 10.00 Å². The molecule has 24 heavy (non-hydrogen) atoms. The number of carbonyl (C=O) groups excluding carboxylic acids is 1. The number of nitriles is 1. The summed E-state index contributed by atoms with van der Waals surface area (Å²) in [6.45, 7) is 6.26. The molecule has 0 bridgehead atoms. The third-order valence-electron chi connectivity index (χ3n) is 3.73. The van der Waals surface area contributed by atoms with Crippen LogP contribution in [0.2, 0.25) is 0 Å². The molecule has 0 radical (unpaired) electrons. The fourth-order valence-electron chi connectivity index (χ4n) is 2.42. The number of amides is 1. The zero-order valence-corrected chi connectivity index (χ0v) is 14.3. The maximum atomic E-state index is 12.8. The van der Waals surface area contributed by atoms with Gasteiger partial charge in [-0.25, -0.2) is 0 Å². The quantitative estimate of drug-likeness (QED) is 0.813. The molecule has 0 aromatic heterocycles. The first-order chi connectivity index (χ1) is 11.5. The molecule has 0 saturated heterocycles. The van der Waals surface area contributed by atoms with E-state index in [1.54, 1.807) is 36.1 Å². The molecule has 2 rings (SSSR count). The van der Waals surface area contributed by atoms with E-state index in [2.05, 4.69) is 6.07 Å². The lowest BCUT2D eigenvalue weighted by Crippen LogP contribution is -2.43. The Morgan fingerprint density at radius 1 is 1.12 bits per heavy atom. The van der Waals surface area contributed by atoms with E-state index in [-0.39, 0.29) is 11.9 Å². The van der Waals surface area contributed by atoms with Gasteiger partial charge in [-0.15, -0.1) is 0 Å². The first-order valence-electron chi connectivity index (χ1n) is 8.02. The lowest BCUT2D eigenvalue weighted by Gasteiger charge is -2.29. The van der Waals surface area contributed by atoms with Crippen LogP contribution in [0.5, 0.6) is 5.75 Å². The van der Waals surface area contributed by atoms with Gasteiger partial charge in [0.2, 0.25) is 0 Å². The SMILES string of the molecule is CC(Oc1cccc(C#N)c1)C(=O)N(Cc1ccccc1)C(C)C. The lowest BCUT2D eigenvalue weighted by atomic mass is 10.1. The van der Waals surface area contributed by atoms with Crippen LogP contribution in [0.1, 0.15) is 31.9 Å². The van der Waals surface area contributed by atoms with E-state index >= 15 is 0 Å². The Kier molecular flexibility index (Phi) is 5.97. The Labute approximate surface area is 143 Å².